The van der Waals surface area contributed by atoms with Crippen LogP contribution in [0.2, 0.25) is 0 Å². The van der Waals surface area contributed by atoms with Crippen molar-refractivity contribution in [3.05, 3.63) is 158 Å². The number of allylic oxidation sites excluding steroid dienone is 26. The molecule has 0 aliphatic heterocycles. The van der Waals surface area contributed by atoms with E-state index in [1.807, 2.05) is 21.1 Å². The standard InChI is InChI=1S/C68H107NO8/c1-6-8-10-12-14-16-18-20-22-24-26-28-30-31-32-33-34-35-37-39-41-43-45-47-49-51-53-55-57-59-66(71)77-64(63-76-68(67(72)73)74-61-60-69(3,4)5)62-75-65(70)58-56-54-52-50-48-46-44-42-40-38-36-29-27-25-23-21-19-17-15-13-11-9-7-2/h8-11,14-17,20-23,26-29,31-32,34-35,38-41,45,47,64,68H,6-7,12-13,18-19,24-25,30,33,36-37,42-44,46,48-63H2,1-5H3/b10-8-,11-9-,16-14-,17-15-,22-20-,23-21-,28-26-,29-27-,32-31-,35-34-,40-38-,41-39-,47-45-. The topological polar surface area (TPSA) is 111 Å². The Hall–Kier alpha value is -5.09. The second-order valence-electron chi connectivity index (χ2n) is 20.2. The summed E-state index contributed by atoms with van der Waals surface area (Å²) >= 11 is 0. The van der Waals surface area contributed by atoms with Crippen molar-refractivity contribution in [2.45, 2.75) is 206 Å². The molecule has 9 nitrogen and oxygen atoms in total. The lowest BCUT2D eigenvalue weighted by atomic mass is 10.1. The summed E-state index contributed by atoms with van der Waals surface area (Å²) in [7, 11) is 5.89. The van der Waals surface area contributed by atoms with Gasteiger partial charge < -0.3 is 33.3 Å². The molecule has 0 amide bonds. The average Bonchev–Trinajstić information content (AvgIpc) is 3.40. The fraction of sp³-hybridized carbons (Fsp3) is 0.574. The van der Waals surface area contributed by atoms with Crippen LogP contribution in [0.4, 0.5) is 0 Å². The number of aliphatic carboxylic acids is 1. The summed E-state index contributed by atoms with van der Waals surface area (Å²) in [5.41, 5.74) is 0. The van der Waals surface area contributed by atoms with E-state index in [1.165, 1.54) is 19.3 Å². The summed E-state index contributed by atoms with van der Waals surface area (Å²) < 4.78 is 22.7. The summed E-state index contributed by atoms with van der Waals surface area (Å²) in [4.78, 5) is 37.3. The van der Waals surface area contributed by atoms with E-state index in [2.05, 4.69) is 172 Å². The molecule has 0 rings (SSSR count). The van der Waals surface area contributed by atoms with Crippen molar-refractivity contribution in [1.82, 2.24) is 0 Å². The van der Waals surface area contributed by atoms with Crippen molar-refractivity contribution >= 4 is 17.9 Å². The van der Waals surface area contributed by atoms with Gasteiger partial charge in [0.2, 0.25) is 0 Å². The molecule has 0 N–H and O–H groups in total. The normalized spacial score (nSPS) is 13.9. The quantitative estimate of drug-likeness (QED) is 0.0195. The second-order valence-corrected chi connectivity index (χ2v) is 20.2. The number of ether oxygens (including phenoxy) is 4. The number of carboxylic acid groups (broad SMARTS) is 1. The van der Waals surface area contributed by atoms with Gasteiger partial charge in [-0.25, -0.2) is 0 Å². The molecular formula is C68H107NO8. The third-order valence-corrected chi connectivity index (χ3v) is 11.8. The first-order chi connectivity index (χ1) is 37.6. The van der Waals surface area contributed by atoms with Gasteiger partial charge >= 0.3 is 11.9 Å². The number of likely N-dealkylation sites (N-methyl/N-ethyl adjacent to an activating group) is 1. The van der Waals surface area contributed by atoms with Crippen LogP contribution in [0.5, 0.6) is 0 Å². The van der Waals surface area contributed by atoms with Crippen molar-refractivity contribution in [3.8, 4) is 0 Å². The Balaban J connectivity index is 4.38. The van der Waals surface area contributed by atoms with E-state index < -0.39 is 24.3 Å². The number of unbranched alkanes of at least 4 members (excludes halogenated alkanes) is 11. The summed E-state index contributed by atoms with van der Waals surface area (Å²) in [5.74, 6) is -2.36. The lowest BCUT2D eigenvalue weighted by molar-refractivity contribution is -0.870. The largest absolute Gasteiger partial charge is 0.545 e. The Morgan fingerprint density at radius 2 is 0.701 bits per heavy atom. The monoisotopic (exact) mass is 1070 g/mol. The average molecular weight is 1070 g/mol. The number of carbonyl (C=O) groups excluding carboxylic acids is 3. The van der Waals surface area contributed by atoms with Crippen molar-refractivity contribution in [1.29, 1.82) is 0 Å². The lowest BCUT2D eigenvalue weighted by Crippen LogP contribution is -2.44. The predicted molar refractivity (Wildman–Crippen MR) is 324 cm³/mol. The minimum absolute atomic E-state index is 0.130. The van der Waals surface area contributed by atoms with Crippen LogP contribution in [0.25, 0.3) is 0 Å². The fourth-order valence-corrected chi connectivity index (χ4v) is 7.28. The molecule has 0 aliphatic rings. The first-order valence-corrected chi connectivity index (χ1v) is 29.6. The Morgan fingerprint density at radius 3 is 1.04 bits per heavy atom. The van der Waals surface area contributed by atoms with Gasteiger partial charge in [-0.15, -0.1) is 0 Å². The molecule has 9 heteroatoms. The number of rotatable bonds is 52. The summed E-state index contributed by atoms with van der Waals surface area (Å²) in [5, 5.41) is 11.8. The van der Waals surface area contributed by atoms with Gasteiger partial charge in [-0.2, -0.15) is 0 Å². The Bertz CT molecular complexity index is 1810. The minimum atomic E-state index is -1.64. The molecule has 0 spiro atoms. The Kier molecular flexibility index (Phi) is 53.3. The van der Waals surface area contributed by atoms with E-state index in [0.29, 0.717) is 23.9 Å². The van der Waals surface area contributed by atoms with Crippen LogP contribution in [0, 0.1) is 0 Å². The molecule has 0 bridgehead atoms. The summed E-state index contributed by atoms with van der Waals surface area (Å²) in [6, 6.07) is 0. The highest BCUT2D eigenvalue weighted by molar-refractivity contribution is 5.70. The highest BCUT2D eigenvalue weighted by Crippen LogP contribution is 2.13. The minimum Gasteiger partial charge on any atom is -0.545 e. The second kappa shape index (κ2) is 57.1. The van der Waals surface area contributed by atoms with Crippen LogP contribution in [-0.2, 0) is 33.3 Å². The van der Waals surface area contributed by atoms with E-state index in [9.17, 15) is 19.5 Å². The van der Waals surface area contributed by atoms with Gasteiger partial charge in [0.05, 0.1) is 40.3 Å². The SMILES string of the molecule is CC/C=C\C/C=C\C/C=C\C/C=C\C/C=C\C/C=C\C/C=C\C/C=C\CCCCCCC(=O)OC(COC(=O)CCCCCCCCC/C=C\C/C=C\C/C=C\C/C=C\C/C=C\CC)COC(OCC[N+](C)(C)C)C(=O)[O-]. The van der Waals surface area contributed by atoms with E-state index in [0.717, 1.165) is 135 Å². The van der Waals surface area contributed by atoms with Gasteiger partial charge in [-0.1, -0.05) is 217 Å². The smallest absolute Gasteiger partial charge is 0.306 e. The summed E-state index contributed by atoms with van der Waals surface area (Å²) in [6.07, 6.45) is 81.4. The van der Waals surface area contributed by atoms with Crippen molar-refractivity contribution < 1.29 is 42.9 Å². The maximum Gasteiger partial charge on any atom is 0.306 e. The van der Waals surface area contributed by atoms with Gasteiger partial charge in [0, 0.05) is 12.8 Å². The van der Waals surface area contributed by atoms with Crippen LogP contribution in [0.15, 0.2) is 158 Å². The molecule has 0 heterocycles. The van der Waals surface area contributed by atoms with E-state index in [-0.39, 0.29) is 38.6 Å². The van der Waals surface area contributed by atoms with Gasteiger partial charge in [-0.3, -0.25) is 9.59 Å². The fourth-order valence-electron chi connectivity index (χ4n) is 7.28. The van der Waals surface area contributed by atoms with E-state index in [4.69, 9.17) is 18.9 Å². The molecule has 2 atom stereocenters. The molecule has 0 fully saturated rings. The zero-order valence-corrected chi connectivity index (χ0v) is 49.0. The predicted octanol–water partition coefficient (Wildman–Crippen LogP) is 16.4. The number of carbonyl (C=O) groups is 3. The first-order valence-electron chi connectivity index (χ1n) is 29.6. The molecule has 77 heavy (non-hydrogen) atoms. The molecule has 0 aromatic rings. The van der Waals surface area contributed by atoms with Crippen molar-refractivity contribution in [2.24, 2.45) is 0 Å². The van der Waals surface area contributed by atoms with Crippen molar-refractivity contribution in [3.63, 3.8) is 0 Å². The molecule has 0 aromatic carbocycles. The molecule has 0 radical (unpaired) electrons. The van der Waals surface area contributed by atoms with Gasteiger partial charge in [0.25, 0.3) is 0 Å². The number of quaternary nitrogens is 1. The third-order valence-electron chi connectivity index (χ3n) is 11.8. The zero-order valence-electron chi connectivity index (χ0n) is 49.0. The van der Waals surface area contributed by atoms with E-state index in [1.54, 1.807) is 0 Å². The molecule has 0 saturated heterocycles. The van der Waals surface area contributed by atoms with Gasteiger partial charge in [0.15, 0.2) is 12.4 Å². The van der Waals surface area contributed by atoms with Crippen molar-refractivity contribution in [2.75, 3.05) is 47.5 Å². The molecule has 0 aromatic heterocycles. The van der Waals surface area contributed by atoms with E-state index >= 15 is 0 Å². The van der Waals surface area contributed by atoms with Gasteiger partial charge in [-0.05, 0) is 122 Å². The maximum atomic E-state index is 12.9. The molecule has 0 aliphatic carbocycles. The van der Waals surface area contributed by atoms with Crippen LogP contribution < -0.4 is 5.11 Å². The lowest BCUT2D eigenvalue weighted by Gasteiger charge is -2.26. The first kappa shape index (κ1) is 71.9. The highest BCUT2D eigenvalue weighted by Gasteiger charge is 2.22. The molecule has 432 valence electrons. The molecule has 0 saturated carbocycles. The third kappa shape index (κ3) is 58.4. The zero-order chi connectivity index (χ0) is 56.2. The Morgan fingerprint density at radius 1 is 0.390 bits per heavy atom. The number of esters is 2. The van der Waals surface area contributed by atoms with Gasteiger partial charge in [0.1, 0.15) is 13.2 Å². The van der Waals surface area contributed by atoms with Crippen LogP contribution in [0.3, 0.4) is 0 Å². The summed E-state index contributed by atoms with van der Waals surface area (Å²) in [6.45, 7) is 4.44. The Labute approximate surface area is 470 Å². The number of nitrogens with zero attached hydrogens (tertiary/aromatic N) is 1. The number of hydrogen-bond acceptors (Lipinski definition) is 8. The molecule has 2 unspecified atom stereocenters. The van der Waals surface area contributed by atoms with Crippen LogP contribution in [0.1, 0.15) is 194 Å². The maximum absolute atomic E-state index is 12.9. The number of carboxylic acids is 1. The van der Waals surface area contributed by atoms with Crippen LogP contribution >= 0.6 is 0 Å². The highest BCUT2D eigenvalue weighted by atomic mass is 16.7. The van der Waals surface area contributed by atoms with Crippen LogP contribution in [-0.4, -0.2) is 82.3 Å². The molecular weight excluding hydrogens is 959 g/mol. The number of hydrogen-bond donors (Lipinski definition) is 0.